The molecule has 0 N–H and O–H groups in total. The minimum Gasteiger partial charge on any atom is -0.341 e. The zero-order chi connectivity index (χ0) is 40.0. The summed E-state index contributed by atoms with van der Waals surface area (Å²) in [5.41, 5.74) is 17.8. The summed E-state index contributed by atoms with van der Waals surface area (Å²) in [5.74, 6) is 0.436. The molecular weight excluding hydrogens is 725 g/mol. The van der Waals surface area contributed by atoms with Crippen molar-refractivity contribution in [2.75, 3.05) is 0 Å². The van der Waals surface area contributed by atoms with Gasteiger partial charge in [0.2, 0.25) is 0 Å². The topological polar surface area (TPSA) is 9.86 Å². The Balaban J connectivity index is 1.38. The maximum Gasteiger partial charge on any atom is 0.0616 e. The molecule has 9 aromatic rings. The number of hydrogen-bond acceptors (Lipinski definition) is 0. The van der Waals surface area contributed by atoms with Crippen molar-refractivity contribution in [2.45, 2.75) is 25.8 Å². The first-order valence-electron chi connectivity index (χ1n) is 21.4. The van der Waals surface area contributed by atoms with Crippen LogP contribution in [-0.4, -0.2) is 9.13 Å². The summed E-state index contributed by atoms with van der Waals surface area (Å²) >= 11 is 0. The van der Waals surface area contributed by atoms with Gasteiger partial charge < -0.3 is 9.13 Å². The van der Waals surface area contributed by atoms with Gasteiger partial charge in [-0.1, -0.05) is 194 Å². The Labute approximate surface area is 352 Å². The maximum absolute atomic E-state index is 2.63. The lowest BCUT2D eigenvalue weighted by atomic mass is 9.61. The highest BCUT2D eigenvalue weighted by molar-refractivity contribution is 6.10. The van der Waals surface area contributed by atoms with Gasteiger partial charge in [-0.25, -0.2) is 0 Å². The van der Waals surface area contributed by atoms with Crippen LogP contribution in [0.1, 0.15) is 47.1 Å². The maximum atomic E-state index is 2.63. The first-order chi connectivity index (χ1) is 29.8. The van der Waals surface area contributed by atoms with Gasteiger partial charge in [-0.05, 0) is 88.1 Å². The van der Waals surface area contributed by atoms with E-state index < -0.39 is 0 Å². The van der Waals surface area contributed by atoms with Crippen LogP contribution in [-0.2, 0) is 6.54 Å². The molecule has 11 rings (SSSR count). The Morgan fingerprint density at radius 3 is 1.72 bits per heavy atom. The van der Waals surface area contributed by atoms with Gasteiger partial charge in [0, 0.05) is 51.4 Å². The molecule has 3 atom stereocenters. The van der Waals surface area contributed by atoms with E-state index in [0.29, 0.717) is 0 Å². The third kappa shape index (κ3) is 5.86. The van der Waals surface area contributed by atoms with E-state index in [1.807, 2.05) is 0 Å². The first kappa shape index (κ1) is 36.0. The minimum atomic E-state index is 0.0367. The molecule has 0 saturated heterocycles. The molecule has 2 aromatic heterocycles. The molecule has 2 heterocycles. The van der Waals surface area contributed by atoms with E-state index in [4.69, 9.17) is 0 Å². The third-order valence-corrected chi connectivity index (χ3v) is 12.9. The summed E-state index contributed by atoms with van der Waals surface area (Å²) < 4.78 is 5.09. The molecular formula is C58H46N2. The standard InChI is InChI=1S/C58H46N2/c1-2-59-49-36-22-21-35-47(49)48-39-46(37-38-50(48)59)60-57(44-31-17-7-18-32-44)55-53(42-27-13-5-14-28-42)51(40-23-9-3-10-24-40)52(41-25-11-4-12-26-41)54(43-29-15-6-16-30-43)56(55)58(60)45-33-19-8-20-34-45/h3-25,27-39,41,52,54H,2,26H2,1H3. The van der Waals surface area contributed by atoms with Crippen molar-refractivity contribution in [3.63, 3.8) is 0 Å². The highest BCUT2D eigenvalue weighted by Crippen LogP contribution is 2.60. The summed E-state index contributed by atoms with van der Waals surface area (Å²) in [6.45, 7) is 3.16. The van der Waals surface area contributed by atoms with Gasteiger partial charge in [-0.2, -0.15) is 0 Å². The second-order valence-corrected chi connectivity index (χ2v) is 16.2. The number of allylic oxidation sites excluding steroid dienone is 5. The molecule has 0 saturated carbocycles. The van der Waals surface area contributed by atoms with E-state index in [1.165, 1.54) is 83.3 Å². The summed E-state index contributed by atoms with van der Waals surface area (Å²) in [6, 6.07) is 72.3. The van der Waals surface area contributed by atoms with Crippen molar-refractivity contribution in [1.29, 1.82) is 0 Å². The fourth-order valence-corrected chi connectivity index (χ4v) is 10.5. The number of fused-ring (bicyclic) bond motifs is 4. The molecule has 0 fully saturated rings. The molecule has 0 aliphatic heterocycles. The van der Waals surface area contributed by atoms with Crippen LogP contribution in [0.4, 0.5) is 0 Å². The quantitative estimate of drug-likeness (QED) is 0.146. The van der Waals surface area contributed by atoms with Crippen LogP contribution < -0.4 is 0 Å². The zero-order valence-corrected chi connectivity index (χ0v) is 33.8. The van der Waals surface area contributed by atoms with Crippen LogP contribution >= 0.6 is 0 Å². The number of aromatic nitrogens is 2. The first-order valence-corrected chi connectivity index (χ1v) is 21.4. The second kappa shape index (κ2) is 15.2. The van der Waals surface area contributed by atoms with E-state index in [1.54, 1.807) is 0 Å². The SMILES string of the molecule is CCn1c2ccccc2c2cc(-n3c(-c4ccccc4)c4c(c3-c3ccccc3)C(c3ccccc3)C(C3C=CC=CC3)C(c3ccccc3)=C4c3ccccc3)ccc21. The molecule has 0 bridgehead atoms. The number of hydrogen-bond donors (Lipinski definition) is 0. The molecule has 0 amide bonds. The molecule has 2 aliphatic rings. The molecule has 2 nitrogen and oxygen atoms in total. The normalized spacial score (nSPS) is 17.4. The van der Waals surface area contributed by atoms with E-state index in [0.717, 1.165) is 18.7 Å². The fraction of sp³-hybridized carbons (Fsp3) is 0.103. The van der Waals surface area contributed by atoms with Gasteiger partial charge in [0.1, 0.15) is 0 Å². The Hall–Kier alpha value is -7.16. The number of rotatable bonds is 8. The second-order valence-electron chi connectivity index (χ2n) is 16.2. The highest BCUT2D eigenvalue weighted by Gasteiger charge is 2.45. The van der Waals surface area contributed by atoms with Gasteiger partial charge >= 0.3 is 0 Å². The highest BCUT2D eigenvalue weighted by atomic mass is 15.0. The van der Waals surface area contributed by atoms with E-state index in [-0.39, 0.29) is 17.8 Å². The van der Waals surface area contributed by atoms with Crippen LogP contribution in [0, 0.1) is 11.8 Å². The molecule has 60 heavy (non-hydrogen) atoms. The molecule has 2 heteroatoms. The predicted octanol–water partition coefficient (Wildman–Crippen LogP) is 14.8. The van der Waals surface area contributed by atoms with E-state index in [9.17, 15) is 0 Å². The lowest BCUT2D eigenvalue weighted by molar-refractivity contribution is 0.441. The number of aryl methyl sites for hydroxylation is 1. The summed E-state index contributed by atoms with van der Waals surface area (Å²) in [5, 5.41) is 2.56. The monoisotopic (exact) mass is 770 g/mol. The Bertz CT molecular complexity index is 3070. The van der Waals surface area contributed by atoms with Crippen molar-refractivity contribution in [1.82, 2.24) is 9.13 Å². The minimum absolute atomic E-state index is 0.0367. The molecule has 2 aliphatic carbocycles. The summed E-state index contributed by atoms with van der Waals surface area (Å²) in [7, 11) is 0. The van der Waals surface area contributed by atoms with Crippen molar-refractivity contribution in [2.24, 2.45) is 11.8 Å². The van der Waals surface area contributed by atoms with Crippen molar-refractivity contribution >= 4 is 33.0 Å². The molecule has 0 spiro atoms. The molecule has 7 aromatic carbocycles. The van der Waals surface area contributed by atoms with Crippen LogP contribution in [0.25, 0.3) is 61.2 Å². The van der Waals surface area contributed by atoms with Crippen LogP contribution in [0.3, 0.4) is 0 Å². The Morgan fingerprint density at radius 1 is 0.517 bits per heavy atom. The lowest BCUT2D eigenvalue weighted by Crippen LogP contribution is -2.29. The average molecular weight is 771 g/mol. The van der Waals surface area contributed by atoms with Crippen LogP contribution in [0.5, 0.6) is 0 Å². The molecule has 288 valence electrons. The molecule has 3 unspecified atom stereocenters. The van der Waals surface area contributed by atoms with Crippen LogP contribution in [0.15, 0.2) is 218 Å². The number of benzene rings is 7. The van der Waals surface area contributed by atoms with Gasteiger partial charge in [0.05, 0.1) is 11.4 Å². The van der Waals surface area contributed by atoms with Gasteiger partial charge in [0.15, 0.2) is 0 Å². The lowest BCUT2D eigenvalue weighted by Gasteiger charge is -2.41. The van der Waals surface area contributed by atoms with Crippen molar-refractivity contribution in [3.05, 3.63) is 246 Å². The number of nitrogens with zero attached hydrogens (tertiary/aromatic N) is 2. The van der Waals surface area contributed by atoms with Gasteiger partial charge in [-0.15, -0.1) is 0 Å². The zero-order valence-electron chi connectivity index (χ0n) is 33.8. The average Bonchev–Trinajstić information content (AvgIpc) is 3.85. The predicted molar refractivity (Wildman–Crippen MR) is 252 cm³/mol. The van der Waals surface area contributed by atoms with Gasteiger partial charge in [-0.3, -0.25) is 0 Å². The van der Waals surface area contributed by atoms with Gasteiger partial charge in [0.25, 0.3) is 0 Å². The van der Waals surface area contributed by atoms with Crippen LogP contribution in [0.2, 0.25) is 0 Å². The smallest absolute Gasteiger partial charge is 0.0616 e. The summed E-state index contributed by atoms with van der Waals surface area (Å²) in [4.78, 5) is 0. The largest absolute Gasteiger partial charge is 0.341 e. The van der Waals surface area contributed by atoms with E-state index >= 15 is 0 Å². The molecule has 0 radical (unpaired) electrons. The van der Waals surface area contributed by atoms with E-state index in [2.05, 4.69) is 234 Å². The van der Waals surface area contributed by atoms with Crippen molar-refractivity contribution < 1.29 is 0 Å². The van der Waals surface area contributed by atoms with Crippen molar-refractivity contribution in [3.8, 4) is 28.2 Å². The number of para-hydroxylation sites is 1. The Morgan fingerprint density at radius 2 is 1.08 bits per heavy atom. The summed E-state index contributed by atoms with van der Waals surface area (Å²) in [6.07, 6.45) is 10.3. The third-order valence-electron chi connectivity index (χ3n) is 12.9. The fourth-order valence-electron chi connectivity index (χ4n) is 10.5. The Kier molecular flexibility index (Phi) is 9.12.